The molecule has 2 amide bonds. The molecule has 0 aliphatic carbocycles. The van der Waals surface area contributed by atoms with Gasteiger partial charge >= 0.3 is 0 Å². The van der Waals surface area contributed by atoms with Crippen molar-refractivity contribution in [2.45, 2.75) is 20.3 Å². The Bertz CT molecular complexity index is 194. The predicted octanol–water partition coefficient (Wildman–Crippen LogP) is -0.776. The van der Waals surface area contributed by atoms with Gasteiger partial charge in [-0.3, -0.25) is 9.59 Å². The van der Waals surface area contributed by atoms with E-state index in [1.807, 2.05) is 0 Å². The molecule has 82 valence electrons. The van der Waals surface area contributed by atoms with Crippen LogP contribution in [0.4, 0.5) is 0 Å². The number of nitrogens with two attached hydrogens (primary N) is 1. The topological polar surface area (TPSA) is 84.2 Å². The summed E-state index contributed by atoms with van der Waals surface area (Å²) in [6, 6.07) is 0. The van der Waals surface area contributed by atoms with Crippen molar-refractivity contribution in [3.63, 3.8) is 0 Å². The molecule has 0 radical (unpaired) electrons. The molecule has 0 spiro atoms. The van der Waals surface area contributed by atoms with Crippen molar-refractivity contribution in [1.82, 2.24) is 10.6 Å². The van der Waals surface area contributed by atoms with E-state index in [1.165, 1.54) is 0 Å². The van der Waals surface area contributed by atoms with Crippen LogP contribution in [0.3, 0.4) is 0 Å². The number of carbonyl (C=O) groups excluding carboxylic acids is 2. The Balaban J connectivity index is 3.51. The van der Waals surface area contributed by atoms with E-state index in [0.717, 1.165) is 6.42 Å². The van der Waals surface area contributed by atoms with Gasteiger partial charge in [0.15, 0.2) is 0 Å². The molecular formula is C9H19N3O2. The van der Waals surface area contributed by atoms with E-state index in [9.17, 15) is 9.59 Å². The Hall–Kier alpha value is -1.10. The van der Waals surface area contributed by atoms with Crippen molar-refractivity contribution in [2.24, 2.45) is 11.7 Å². The molecule has 0 saturated carbocycles. The lowest BCUT2D eigenvalue weighted by Crippen LogP contribution is -2.40. The fourth-order valence-corrected chi connectivity index (χ4v) is 0.746. The molecule has 0 saturated heterocycles. The molecule has 1 unspecified atom stereocenters. The minimum absolute atomic E-state index is 0.00642. The Labute approximate surface area is 84.4 Å². The highest BCUT2D eigenvalue weighted by atomic mass is 16.2. The SMILES string of the molecule is CCC(C)CNC(=O)CNC(=O)CN. The third kappa shape index (κ3) is 6.42. The summed E-state index contributed by atoms with van der Waals surface area (Å²) in [7, 11) is 0. The minimum atomic E-state index is -0.316. The monoisotopic (exact) mass is 201 g/mol. The van der Waals surface area contributed by atoms with Crippen LogP contribution >= 0.6 is 0 Å². The Morgan fingerprint density at radius 2 is 1.93 bits per heavy atom. The molecule has 5 nitrogen and oxygen atoms in total. The van der Waals surface area contributed by atoms with Crippen molar-refractivity contribution in [3.05, 3.63) is 0 Å². The van der Waals surface area contributed by atoms with Crippen LogP contribution in [0.5, 0.6) is 0 Å². The van der Waals surface area contributed by atoms with Crippen LogP contribution in [0.25, 0.3) is 0 Å². The van der Waals surface area contributed by atoms with Gasteiger partial charge in [0.05, 0.1) is 13.1 Å². The molecular weight excluding hydrogens is 182 g/mol. The average Bonchev–Trinajstić information content (AvgIpc) is 2.22. The first kappa shape index (κ1) is 12.9. The zero-order valence-corrected chi connectivity index (χ0v) is 8.80. The molecule has 0 fully saturated rings. The van der Waals surface area contributed by atoms with Gasteiger partial charge in [0.2, 0.25) is 11.8 Å². The minimum Gasteiger partial charge on any atom is -0.354 e. The van der Waals surface area contributed by atoms with Gasteiger partial charge in [0.1, 0.15) is 0 Å². The van der Waals surface area contributed by atoms with E-state index in [0.29, 0.717) is 12.5 Å². The number of nitrogens with one attached hydrogen (secondary N) is 2. The third-order valence-corrected chi connectivity index (χ3v) is 1.98. The van der Waals surface area contributed by atoms with Gasteiger partial charge in [-0.05, 0) is 5.92 Å². The Kier molecular flexibility index (Phi) is 6.74. The van der Waals surface area contributed by atoms with Gasteiger partial charge in [0.25, 0.3) is 0 Å². The van der Waals surface area contributed by atoms with Gasteiger partial charge in [-0.15, -0.1) is 0 Å². The van der Waals surface area contributed by atoms with E-state index in [2.05, 4.69) is 24.5 Å². The zero-order chi connectivity index (χ0) is 11.0. The second-order valence-electron chi connectivity index (χ2n) is 3.30. The maximum Gasteiger partial charge on any atom is 0.239 e. The first-order chi connectivity index (χ1) is 6.60. The molecule has 0 aliphatic heterocycles. The maximum absolute atomic E-state index is 11.1. The van der Waals surface area contributed by atoms with Crippen molar-refractivity contribution in [2.75, 3.05) is 19.6 Å². The molecule has 14 heavy (non-hydrogen) atoms. The fraction of sp³-hybridized carbons (Fsp3) is 0.778. The third-order valence-electron chi connectivity index (χ3n) is 1.98. The second-order valence-corrected chi connectivity index (χ2v) is 3.30. The lowest BCUT2D eigenvalue weighted by Gasteiger charge is -2.10. The predicted molar refractivity (Wildman–Crippen MR) is 54.5 cm³/mol. The first-order valence-electron chi connectivity index (χ1n) is 4.83. The summed E-state index contributed by atoms with van der Waals surface area (Å²) < 4.78 is 0. The maximum atomic E-state index is 11.1. The molecule has 0 heterocycles. The van der Waals surface area contributed by atoms with E-state index in [1.54, 1.807) is 0 Å². The van der Waals surface area contributed by atoms with Crippen LogP contribution < -0.4 is 16.4 Å². The summed E-state index contributed by atoms with van der Waals surface area (Å²) in [5, 5.41) is 5.12. The van der Waals surface area contributed by atoms with Crippen molar-refractivity contribution in [3.8, 4) is 0 Å². The summed E-state index contributed by atoms with van der Waals surface area (Å²) in [4.78, 5) is 21.8. The van der Waals surface area contributed by atoms with Gasteiger partial charge in [-0.1, -0.05) is 20.3 Å². The molecule has 0 aromatic rings. The Morgan fingerprint density at radius 1 is 1.29 bits per heavy atom. The first-order valence-corrected chi connectivity index (χ1v) is 4.83. The van der Waals surface area contributed by atoms with E-state index in [-0.39, 0.29) is 24.9 Å². The van der Waals surface area contributed by atoms with Crippen molar-refractivity contribution in [1.29, 1.82) is 0 Å². The molecule has 5 heteroatoms. The summed E-state index contributed by atoms with van der Waals surface area (Å²) in [5.41, 5.74) is 5.06. The van der Waals surface area contributed by atoms with Crippen LogP contribution in [0, 0.1) is 5.92 Å². The van der Waals surface area contributed by atoms with E-state index in [4.69, 9.17) is 5.73 Å². The zero-order valence-electron chi connectivity index (χ0n) is 8.80. The normalized spacial score (nSPS) is 11.9. The summed E-state index contributed by atoms with van der Waals surface area (Å²) in [6.07, 6.45) is 1.02. The quantitative estimate of drug-likeness (QED) is 0.527. The van der Waals surface area contributed by atoms with Gasteiger partial charge in [0, 0.05) is 6.54 Å². The Morgan fingerprint density at radius 3 is 2.43 bits per heavy atom. The highest BCUT2D eigenvalue weighted by Gasteiger charge is 2.04. The summed E-state index contributed by atoms with van der Waals surface area (Å²) >= 11 is 0. The average molecular weight is 201 g/mol. The summed E-state index contributed by atoms with van der Waals surface area (Å²) in [6.45, 7) is 4.69. The molecule has 0 aromatic carbocycles. The van der Waals surface area contributed by atoms with Crippen LogP contribution in [-0.2, 0) is 9.59 Å². The lowest BCUT2D eigenvalue weighted by molar-refractivity contribution is -0.125. The number of carbonyl (C=O) groups is 2. The van der Waals surface area contributed by atoms with E-state index >= 15 is 0 Å². The van der Waals surface area contributed by atoms with Gasteiger partial charge in [-0.2, -0.15) is 0 Å². The van der Waals surface area contributed by atoms with E-state index < -0.39 is 0 Å². The standard InChI is InChI=1S/C9H19N3O2/c1-3-7(2)5-11-9(14)6-12-8(13)4-10/h7H,3-6,10H2,1-2H3,(H,11,14)(H,12,13). The van der Waals surface area contributed by atoms with Crippen LogP contribution in [0.15, 0.2) is 0 Å². The highest BCUT2D eigenvalue weighted by Crippen LogP contribution is 1.96. The smallest absolute Gasteiger partial charge is 0.239 e. The van der Waals surface area contributed by atoms with Crippen LogP contribution in [0.2, 0.25) is 0 Å². The second kappa shape index (κ2) is 7.32. The molecule has 1 atom stereocenters. The van der Waals surface area contributed by atoms with Gasteiger partial charge in [-0.25, -0.2) is 0 Å². The molecule has 0 aromatic heterocycles. The summed E-state index contributed by atoms with van der Waals surface area (Å²) in [5.74, 6) is -0.0278. The lowest BCUT2D eigenvalue weighted by atomic mass is 10.1. The highest BCUT2D eigenvalue weighted by molar-refractivity contribution is 5.85. The molecule has 4 N–H and O–H groups in total. The fourth-order valence-electron chi connectivity index (χ4n) is 0.746. The molecule has 0 rings (SSSR count). The number of amides is 2. The molecule has 0 aliphatic rings. The number of rotatable bonds is 6. The number of hydrogen-bond donors (Lipinski definition) is 3. The largest absolute Gasteiger partial charge is 0.354 e. The van der Waals surface area contributed by atoms with Crippen LogP contribution in [0.1, 0.15) is 20.3 Å². The number of hydrogen-bond acceptors (Lipinski definition) is 3. The van der Waals surface area contributed by atoms with Crippen molar-refractivity contribution < 1.29 is 9.59 Å². The van der Waals surface area contributed by atoms with Gasteiger partial charge < -0.3 is 16.4 Å². The van der Waals surface area contributed by atoms with Crippen molar-refractivity contribution >= 4 is 11.8 Å². The van der Waals surface area contributed by atoms with Crippen LogP contribution in [-0.4, -0.2) is 31.4 Å². The molecule has 0 bridgehead atoms.